The smallest absolute Gasteiger partial charge is 0.0355 e. The van der Waals surface area contributed by atoms with E-state index in [0.29, 0.717) is 0 Å². The highest BCUT2D eigenvalue weighted by Gasteiger charge is 2.35. The third-order valence-corrected chi connectivity index (χ3v) is 11.2. The summed E-state index contributed by atoms with van der Waals surface area (Å²) in [5.41, 5.74) is 0. The van der Waals surface area contributed by atoms with E-state index in [0.717, 1.165) is 59.2 Å². The summed E-state index contributed by atoms with van der Waals surface area (Å²) in [5, 5.41) is 0. The van der Waals surface area contributed by atoms with E-state index in [1.165, 1.54) is 96.3 Å². The molecule has 0 aromatic carbocycles. The van der Waals surface area contributed by atoms with Gasteiger partial charge in [0.25, 0.3) is 0 Å². The molecule has 0 aromatic heterocycles. The fourth-order valence-electron chi connectivity index (χ4n) is 8.00. The molecule has 1 aliphatic rings. The van der Waals surface area contributed by atoms with Gasteiger partial charge in [-0.25, -0.2) is 0 Å². The summed E-state index contributed by atoms with van der Waals surface area (Å²) in [5.74, 6) is 9.36. The van der Waals surface area contributed by atoms with Crippen LogP contribution in [0.15, 0.2) is 0 Å². The highest BCUT2D eigenvalue weighted by molar-refractivity contribution is 4.85. The van der Waals surface area contributed by atoms with Crippen molar-refractivity contribution in [2.24, 2.45) is 59.2 Å². The molecule has 0 radical (unpaired) electrons. The topological polar surface area (TPSA) is 0 Å². The molecular formula is C35H70. The zero-order valence-corrected chi connectivity index (χ0v) is 26.4. The fraction of sp³-hybridized carbons (Fsp3) is 1.00. The Morgan fingerprint density at radius 1 is 0.657 bits per heavy atom. The maximum absolute atomic E-state index is 2.60. The van der Waals surface area contributed by atoms with Gasteiger partial charge < -0.3 is 0 Å². The lowest BCUT2D eigenvalue weighted by Gasteiger charge is -2.42. The molecule has 1 aliphatic carbocycles. The Balaban J connectivity index is 2.80. The third kappa shape index (κ3) is 11.5. The van der Waals surface area contributed by atoms with Gasteiger partial charge in [-0.15, -0.1) is 0 Å². The van der Waals surface area contributed by atoms with E-state index in [4.69, 9.17) is 0 Å². The monoisotopic (exact) mass is 491 g/mol. The van der Waals surface area contributed by atoms with Gasteiger partial charge in [-0.3, -0.25) is 0 Å². The molecule has 0 heteroatoms. The number of rotatable bonds is 19. The molecule has 0 N–H and O–H groups in total. The average molecular weight is 491 g/mol. The zero-order valence-electron chi connectivity index (χ0n) is 26.4. The van der Waals surface area contributed by atoms with Crippen LogP contribution in [0.4, 0.5) is 0 Å². The predicted octanol–water partition coefficient (Wildman–Crippen LogP) is 12.2. The van der Waals surface area contributed by atoms with Crippen molar-refractivity contribution in [2.45, 2.75) is 166 Å². The largest absolute Gasteiger partial charge is 0.0654 e. The maximum atomic E-state index is 2.60. The Hall–Kier alpha value is 0. The molecule has 0 nitrogen and oxygen atoms in total. The first-order valence-electron chi connectivity index (χ1n) is 16.7. The Bertz CT molecular complexity index is 492. The van der Waals surface area contributed by atoms with E-state index in [-0.39, 0.29) is 0 Å². The van der Waals surface area contributed by atoms with Crippen LogP contribution in [0, 0.1) is 59.2 Å². The minimum absolute atomic E-state index is 0.893. The minimum Gasteiger partial charge on any atom is -0.0654 e. The second-order valence-electron chi connectivity index (χ2n) is 13.7. The number of hydrogen-bond acceptors (Lipinski definition) is 0. The Morgan fingerprint density at radius 2 is 1.31 bits per heavy atom. The van der Waals surface area contributed by atoms with Crippen molar-refractivity contribution in [1.82, 2.24) is 0 Å². The summed E-state index contributed by atoms with van der Waals surface area (Å²) in [7, 11) is 0. The van der Waals surface area contributed by atoms with E-state index < -0.39 is 0 Å². The first kappa shape index (κ1) is 33.0. The summed E-state index contributed by atoms with van der Waals surface area (Å²) in [6.45, 7) is 24.9. The molecule has 0 spiro atoms. The van der Waals surface area contributed by atoms with E-state index in [1.54, 1.807) is 0 Å². The molecule has 10 unspecified atom stereocenters. The summed E-state index contributed by atoms with van der Waals surface area (Å²) < 4.78 is 0. The molecule has 0 bridgehead atoms. The first-order valence-corrected chi connectivity index (χ1v) is 16.7. The van der Waals surface area contributed by atoms with Crippen LogP contribution in [0.1, 0.15) is 166 Å². The van der Waals surface area contributed by atoms with Crippen molar-refractivity contribution in [3.63, 3.8) is 0 Å². The Labute approximate surface area is 224 Å². The van der Waals surface area contributed by atoms with Crippen LogP contribution in [0.25, 0.3) is 0 Å². The molecule has 1 saturated carbocycles. The van der Waals surface area contributed by atoms with Crippen molar-refractivity contribution in [3.8, 4) is 0 Å². The molecule has 1 fully saturated rings. The van der Waals surface area contributed by atoms with Crippen LogP contribution in [0.5, 0.6) is 0 Å². The quantitative estimate of drug-likeness (QED) is 0.169. The number of hydrogen-bond donors (Lipinski definition) is 0. The molecule has 10 atom stereocenters. The van der Waals surface area contributed by atoms with E-state index in [9.17, 15) is 0 Å². The summed E-state index contributed by atoms with van der Waals surface area (Å²) in [6.07, 6.45) is 21.6. The summed E-state index contributed by atoms with van der Waals surface area (Å²) in [6, 6.07) is 0. The Kier molecular flexibility index (Phi) is 17.3. The maximum Gasteiger partial charge on any atom is -0.0355 e. The molecule has 35 heavy (non-hydrogen) atoms. The molecule has 0 saturated heterocycles. The van der Waals surface area contributed by atoms with Crippen molar-refractivity contribution in [3.05, 3.63) is 0 Å². The van der Waals surface area contributed by atoms with Gasteiger partial charge in [-0.1, -0.05) is 140 Å². The zero-order chi connectivity index (χ0) is 26.4. The summed E-state index contributed by atoms with van der Waals surface area (Å²) >= 11 is 0. The second kappa shape index (κ2) is 18.3. The molecule has 0 aromatic rings. The summed E-state index contributed by atoms with van der Waals surface area (Å²) in [4.78, 5) is 0. The predicted molar refractivity (Wildman–Crippen MR) is 161 cm³/mol. The highest BCUT2D eigenvalue weighted by atomic mass is 14.4. The van der Waals surface area contributed by atoms with Crippen LogP contribution in [0.2, 0.25) is 0 Å². The van der Waals surface area contributed by atoms with Crippen LogP contribution >= 0.6 is 0 Å². The van der Waals surface area contributed by atoms with Gasteiger partial charge in [0.1, 0.15) is 0 Å². The molecule has 0 aliphatic heterocycles. The van der Waals surface area contributed by atoms with Gasteiger partial charge in [-0.05, 0) is 84.9 Å². The Morgan fingerprint density at radius 3 is 1.89 bits per heavy atom. The first-order chi connectivity index (χ1) is 16.7. The lowest BCUT2D eigenvalue weighted by atomic mass is 9.63. The molecule has 0 heterocycles. The fourth-order valence-corrected chi connectivity index (χ4v) is 8.00. The standard InChI is InChI=1S/C35H70/c1-11-16-28(8)34(29(9)19-18-26(6)13-3)23-21-31(14-4)24-32(17-12-2)25-35-30(10)27(7)20-22-33(35)15-5/h26-35H,11-25H2,1-10H3. The van der Waals surface area contributed by atoms with Crippen LogP contribution < -0.4 is 0 Å². The highest BCUT2D eigenvalue weighted by Crippen LogP contribution is 2.45. The van der Waals surface area contributed by atoms with Gasteiger partial charge in [0, 0.05) is 0 Å². The van der Waals surface area contributed by atoms with Gasteiger partial charge in [0.2, 0.25) is 0 Å². The van der Waals surface area contributed by atoms with E-state index >= 15 is 0 Å². The van der Waals surface area contributed by atoms with Gasteiger partial charge >= 0.3 is 0 Å². The van der Waals surface area contributed by atoms with Gasteiger partial charge in [0.05, 0.1) is 0 Å². The van der Waals surface area contributed by atoms with Crippen LogP contribution in [-0.4, -0.2) is 0 Å². The van der Waals surface area contributed by atoms with Crippen molar-refractivity contribution < 1.29 is 0 Å². The van der Waals surface area contributed by atoms with Crippen LogP contribution in [0.3, 0.4) is 0 Å². The molecule has 0 amide bonds. The van der Waals surface area contributed by atoms with Crippen molar-refractivity contribution in [2.75, 3.05) is 0 Å². The minimum atomic E-state index is 0.893. The molecular weight excluding hydrogens is 420 g/mol. The van der Waals surface area contributed by atoms with Gasteiger partial charge in [0.15, 0.2) is 0 Å². The molecule has 1 rings (SSSR count). The normalized spacial score (nSPS) is 28.3. The van der Waals surface area contributed by atoms with E-state index in [1.807, 2.05) is 0 Å². The van der Waals surface area contributed by atoms with E-state index in [2.05, 4.69) is 69.2 Å². The van der Waals surface area contributed by atoms with Crippen LogP contribution in [-0.2, 0) is 0 Å². The average Bonchev–Trinajstić information content (AvgIpc) is 2.84. The SMILES string of the molecule is CCCC(CC(CC)CCC(C(C)CCC)C(C)CCC(C)CC)CC1C(CC)CCC(C)C1C. The molecule has 210 valence electrons. The lowest BCUT2D eigenvalue weighted by molar-refractivity contribution is 0.0779. The van der Waals surface area contributed by atoms with Gasteiger partial charge in [-0.2, -0.15) is 0 Å². The third-order valence-electron chi connectivity index (χ3n) is 11.2. The van der Waals surface area contributed by atoms with Crippen molar-refractivity contribution in [1.29, 1.82) is 0 Å². The van der Waals surface area contributed by atoms with Crippen molar-refractivity contribution >= 4 is 0 Å². The lowest BCUT2D eigenvalue weighted by Crippen LogP contribution is -2.33. The second-order valence-corrected chi connectivity index (χ2v) is 13.7.